The Hall–Kier alpha value is -3.12. The number of rotatable bonds is 6. The molecule has 1 aromatic heterocycles. The van der Waals surface area contributed by atoms with Crippen LogP contribution < -0.4 is 5.32 Å². The van der Waals surface area contributed by atoms with E-state index in [4.69, 9.17) is 16.1 Å². The Kier molecular flexibility index (Phi) is 5.86. The van der Waals surface area contributed by atoms with Crippen LogP contribution in [0, 0.1) is 0 Å². The Labute approximate surface area is 180 Å². The summed E-state index contributed by atoms with van der Waals surface area (Å²) in [5.74, 6) is 0.842. The Morgan fingerprint density at radius 2 is 1.97 bits per heavy atom. The van der Waals surface area contributed by atoms with E-state index in [0.717, 1.165) is 35.2 Å². The molecule has 2 heterocycles. The van der Waals surface area contributed by atoms with Gasteiger partial charge in [-0.3, -0.25) is 4.90 Å². The largest absolute Gasteiger partial charge is 0.334 e. The van der Waals surface area contributed by atoms with E-state index in [9.17, 15) is 4.79 Å². The SMILES string of the molecule is CCCCN1C(=O)NC(c2ccccc2)C(c2nc(-c3cccc(Cl)c3)no2)=C1C. The van der Waals surface area contributed by atoms with Gasteiger partial charge in [0.2, 0.25) is 5.82 Å². The standard InChI is InChI=1S/C23H23ClN4O2/c1-3-4-13-28-15(2)19(20(25-23(28)29)16-9-6-5-7-10-16)22-26-21(27-30-22)17-11-8-12-18(24)14-17/h5-12,14,20H,3-4,13H2,1-2H3,(H,25,29). The number of urea groups is 1. The number of allylic oxidation sites excluding steroid dienone is 1. The van der Waals surface area contributed by atoms with E-state index >= 15 is 0 Å². The van der Waals surface area contributed by atoms with Crippen molar-refractivity contribution in [3.63, 3.8) is 0 Å². The van der Waals surface area contributed by atoms with Gasteiger partial charge in [0.1, 0.15) is 0 Å². The fraction of sp³-hybridized carbons (Fsp3) is 0.261. The van der Waals surface area contributed by atoms with Crippen molar-refractivity contribution >= 4 is 23.2 Å². The Morgan fingerprint density at radius 1 is 1.17 bits per heavy atom. The van der Waals surface area contributed by atoms with Crippen LogP contribution in [0.15, 0.2) is 64.8 Å². The first kappa shape index (κ1) is 20.2. The van der Waals surface area contributed by atoms with E-state index in [-0.39, 0.29) is 12.1 Å². The van der Waals surface area contributed by atoms with Crippen LogP contribution in [0.2, 0.25) is 5.02 Å². The summed E-state index contributed by atoms with van der Waals surface area (Å²) in [5, 5.41) is 7.87. The Morgan fingerprint density at radius 3 is 2.70 bits per heavy atom. The average molecular weight is 423 g/mol. The van der Waals surface area contributed by atoms with Crippen LogP contribution in [0.4, 0.5) is 4.79 Å². The predicted octanol–water partition coefficient (Wildman–Crippen LogP) is 5.69. The quantitative estimate of drug-likeness (QED) is 0.554. The van der Waals surface area contributed by atoms with E-state index in [1.54, 1.807) is 17.0 Å². The van der Waals surface area contributed by atoms with Gasteiger partial charge >= 0.3 is 6.03 Å². The van der Waals surface area contributed by atoms with Crippen molar-refractivity contribution in [1.29, 1.82) is 0 Å². The van der Waals surface area contributed by atoms with Gasteiger partial charge in [-0.15, -0.1) is 0 Å². The van der Waals surface area contributed by atoms with Gasteiger partial charge in [0, 0.05) is 22.8 Å². The molecule has 1 aliphatic heterocycles. The lowest BCUT2D eigenvalue weighted by atomic mass is 9.94. The zero-order valence-electron chi connectivity index (χ0n) is 16.9. The molecule has 3 aromatic rings. The number of hydrogen-bond donors (Lipinski definition) is 1. The minimum absolute atomic E-state index is 0.117. The lowest BCUT2D eigenvalue weighted by molar-refractivity contribution is 0.204. The number of unbranched alkanes of at least 4 members (excludes halogenated alkanes) is 1. The first-order valence-electron chi connectivity index (χ1n) is 10.0. The second-order valence-electron chi connectivity index (χ2n) is 7.23. The molecule has 0 fully saturated rings. The molecular weight excluding hydrogens is 400 g/mol. The maximum atomic E-state index is 12.8. The van der Waals surface area contributed by atoms with Crippen molar-refractivity contribution in [2.75, 3.05) is 6.54 Å². The smallest absolute Gasteiger partial charge is 0.322 e. The monoisotopic (exact) mass is 422 g/mol. The summed E-state index contributed by atoms with van der Waals surface area (Å²) in [6, 6.07) is 16.6. The Balaban J connectivity index is 1.79. The number of halogens is 1. The first-order chi connectivity index (χ1) is 14.6. The van der Waals surface area contributed by atoms with Gasteiger partial charge in [-0.05, 0) is 31.0 Å². The summed E-state index contributed by atoms with van der Waals surface area (Å²) in [7, 11) is 0. The zero-order valence-corrected chi connectivity index (χ0v) is 17.7. The molecule has 1 unspecified atom stereocenters. The van der Waals surface area contributed by atoms with Crippen LogP contribution in [0.5, 0.6) is 0 Å². The summed E-state index contributed by atoms with van der Waals surface area (Å²) in [6.45, 7) is 4.67. The van der Waals surface area contributed by atoms with Crippen molar-refractivity contribution < 1.29 is 9.32 Å². The highest BCUT2D eigenvalue weighted by Gasteiger charge is 2.35. The van der Waals surface area contributed by atoms with Crippen molar-refractivity contribution in [3.8, 4) is 11.4 Å². The number of aromatic nitrogens is 2. The van der Waals surface area contributed by atoms with E-state index in [0.29, 0.717) is 23.3 Å². The van der Waals surface area contributed by atoms with E-state index in [1.165, 1.54) is 0 Å². The molecule has 4 rings (SSSR count). The molecule has 1 aliphatic rings. The summed E-state index contributed by atoms with van der Waals surface area (Å²) >= 11 is 6.11. The van der Waals surface area contributed by atoms with E-state index in [2.05, 4.69) is 22.4 Å². The van der Waals surface area contributed by atoms with Gasteiger partial charge < -0.3 is 9.84 Å². The molecule has 1 N–H and O–H groups in total. The third-order valence-corrected chi connectivity index (χ3v) is 5.44. The number of nitrogens with zero attached hydrogens (tertiary/aromatic N) is 3. The van der Waals surface area contributed by atoms with Crippen molar-refractivity contribution in [2.45, 2.75) is 32.7 Å². The molecule has 0 saturated carbocycles. The molecule has 30 heavy (non-hydrogen) atoms. The summed E-state index contributed by atoms with van der Waals surface area (Å²) < 4.78 is 5.67. The minimum Gasteiger partial charge on any atom is -0.334 e. The lowest BCUT2D eigenvalue weighted by Crippen LogP contribution is -2.46. The first-order valence-corrected chi connectivity index (χ1v) is 10.4. The third kappa shape index (κ3) is 3.96. The van der Waals surface area contributed by atoms with Crippen LogP contribution in [0.1, 0.15) is 44.2 Å². The zero-order chi connectivity index (χ0) is 21.1. The predicted molar refractivity (Wildman–Crippen MR) is 117 cm³/mol. The molecule has 0 saturated heterocycles. The average Bonchev–Trinajstić information content (AvgIpc) is 3.23. The van der Waals surface area contributed by atoms with Gasteiger partial charge in [-0.25, -0.2) is 4.79 Å². The highest BCUT2D eigenvalue weighted by atomic mass is 35.5. The highest BCUT2D eigenvalue weighted by Crippen LogP contribution is 2.37. The fourth-order valence-electron chi connectivity index (χ4n) is 3.62. The number of carbonyl (C=O) groups excluding carboxylic acids is 1. The number of benzene rings is 2. The van der Waals surface area contributed by atoms with Gasteiger partial charge in [-0.2, -0.15) is 4.98 Å². The van der Waals surface area contributed by atoms with Crippen LogP contribution in [0.25, 0.3) is 17.0 Å². The number of hydrogen-bond acceptors (Lipinski definition) is 4. The second-order valence-corrected chi connectivity index (χ2v) is 7.67. The third-order valence-electron chi connectivity index (χ3n) is 5.20. The number of amides is 2. The van der Waals surface area contributed by atoms with Crippen molar-refractivity contribution in [2.24, 2.45) is 0 Å². The molecule has 0 aliphatic carbocycles. The molecule has 6 nitrogen and oxygen atoms in total. The summed E-state index contributed by atoms with van der Waals surface area (Å²) in [6.07, 6.45) is 1.90. The van der Waals surface area contributed by atoms with Crippen molar-refractivity contribution in [3.05, 3.63) is 76.8 Å². The fourth-order valence-corrected chi connectivity index (χ4v) is 3.81. The minimum atomic E-state index is -0.371. The lowest BCUT2D eigenvalue weighted by Gasteiger charge is -2.35. The van der Waals surface area contributed by atoms with Crippen LogP contribution in [-0.2, 0) is 0 Å². The van der Waals surface area contributed by atoms with E-state index in [1.807, 2.05) is 49.4 Å². The maximum Gasteiger partial charge on any atom is 0.322 e. The summed E-state index contributed by atoms with van der Waals surface area (Å²) in [5.41, 5.74) is 3.35. The van der Waals surface area contributed by atoms with Gasteiger partial charge in [0.05, 0.1) is 11.6 Å². The van der Waals surface area contributed by atoms with E-state index < -0.39 is 0 Å². The van der Waals surface area contributed by atoms with Crippen LogP contribution >= 0.6 is 11.6 Å². The second kappa shape index (κ2) is 8.71. The van der Waals surface area contributed by atoms with Gasteiger partial charge in [0.15, 0.2) is 0 Å². The maximum absolute atomic E-state index is 12.8. The molecule has 154 valence electrons. The van der Waals surface area contributed by atoms with Gasteiger partial charge in [0.25, 0.3) is 5.89 Å². The number of carbonyl (C=O) groups is 1. The van der Waals surface area contributed by atoms with Gasteiger partial charge in [-0.1, -0.05) is 72.6 Å². The molecule has 2 aromatic carbocycles. The molecule has 0 radical (unpaired) electrons. The number of nitrogens with one attached hydrogen (secondary N) is 1. The normalized spacial score (nSPS) is 16.7. The molecule has 1 atom stereocenters. The summed E-state index contributed by atoms with van der Waals surface area (Å²) in [4.78, 5) is 19.2. The topological polar surface area (TPSA) is 71.3 Å². The molecule has 7 heteroatoms. The highest BCUT2D eigenvalue weighted by molar-refractivity contribution is 6.30. The van der Waals surface area contributed by atoms with Crippen LogP contribution in [-0.4, -0.2) is 27.6 Å². The van der Waals surface area contributed by atoms with Crippen LogP contribution in [0.3, 0.4) is 0 Å². The molecule has 2 amide bonds. The van der Waals surface area contributed by atoms with Crippen molar-refractivity contribution in [1.82, 2.24) is 20.4 Å². The molecular formula is C23H23ClN4O2. The molecule has 0 spiro atoms. The molecule has 0 bridgehead atoms. The Bertz CT molecular complexity index is 1080.